The molecule has 0 fully saturated rings. The Bertz CT molecular complexity index is 609. The summed E-state index contributed by atoms with van der Waals surface area (Å²) >= 11 is 0. The first-order valence-corrected chi connectivity index (χ1v) is 6.37. The van der Waals surface area contributed by atoms with Gasteiger partial charge in [-0.05, 0) is 19.4 Å². The monoisotopic (exact) mass is 276 g/mol. The maximum atomic E-state index is 11.0. The lowest BCUT2D eigenvalue weighted by Gasteiger charge is -2.13. The standard InChI is InChI=1S/C13H16N4O3/c1-3-9(8(2)14)13-15-12(16-20-13)10-6-4-5-7-11(10)17(18)19/h4-9H,3,14H2,1-2H3. The number of rotatable bonds is 5. The van der Waals surface area contributed by atoms with Crippen LogP contribution in [-0.4, -0.2) is 21.1 Å². The highest BCUT2D eigenvalue weighted by Crippen LogP contribution is 2.29. The number of nitrogens with zero attached hydrogens (tertiary/aromatic N) is 3. The summed E-state index contributed by atoms with van der Waals surface area (Å²) in [4.78, 5) is 14.8. The molecule has 0 spiro atoms. The molecule has 20 heavy (non-hydrogen) atoms. The van der Waals surface area contributed by atoms with E-state index in [1.54, 1.807) is 18.2 Å². The van der Waals surface area contributed by atoms with Gasteiger partial charge in [0.1, 0.15) is 5.56 Å². The van der Waals surface area contributed by atoms with Gasteiger partial charge in [-0.2, -0.15) is 4.98 Å². The molecule has 1 aromatic heterocycles. The van der Waals surface area contributed by atoms with E-state index in [-0.39, 0.29) is 23.5 Å². The fourth-order valence-electron chi connectivity index (χ4n) is 2.09. The van der Waals surface area contributed by atoms with Crippen molar-refractivity contribution in [2.45, 2.75) is 32.2 Å². The molecule has 0 radical (unpaired) electrons. The fraction of sp³-hybridized carbons (Fsp3) is 0.385. The van der Waals surface area contributed by atoms with E-state index in [1.165, 1.54) is 6.07 Å². The summed E-state index contributed by atoms with van der Waals surface area (Å²) in [6.07, 6.45) is 0.760. The molecule has 2 rings (SSSR count). The van der Waals surface area contributed by atoms with Gasteiger partial charge in [-0.1, -0.05) is 24.2 Å². The molecule has 2 unspecified atom stereocenters. The van der Waals surface area contributed by atoms with E-state index >= 15 is 0 Å². The van der Waals surface area contributed by atoms with Crippen molar-refractivity contribution >= 4 is 5.69 Å². The molecule has 1 aromatic carbocycles. The van der Waals surface area contributed by atoms with Gasteiger partial charge >= 0.3 is 0 Å². The molecule has 0 saturated carbocycles. The summed E-state index contributed by atoms with van der Waals surface area (Å²) < 4.78 is 5.20. The molecule has 7 heteroatoms. The molecule has 2 atom stereocenters. The Morgan fingerprint density at radius 1 is 1.45 bits per heavy atom. The van der Waals surface area contributed by atoms with E-state index in [9.17, 15) is 10.1 Å². The van der Waals surface area contributed by atoms with Crippen LogP contribution < -0.4 is 5.73 Å². The minimum atomic E-state index is -0.464. The number of aromatic nitrogens is 2. The van der Waals surface area contributed by atoms with Crippen molar-refractivity contribution in [2.24, 2.45) is 5.73 Å². The Hall–Kier alpha value is -2.28. The number of hydrogen-bond acceptors (Lipinski definition) is 6. The van der Waals surface area contributed by atoms with E-state index in [0.717, 1.165) is 6.42 Å². The highest BCUT2D eigenvalue weighted by atomic mass is 16.6. The Balaban J connectivity index is 2.41. The van der Waals surface area contributed by atoms with Gasteiger partial charge in [0.25, 0.3) is 5.69 Å². The molecule has 1 heterocycles. The van der Waals surface area contributed by atoms with Gasteiger partial charge in [0.15, 0.2) is 0 Å². The number of nitrogens with two attached hydrogens (primary N) is 1. The predicted molar refractivity (Wildman–Crippen MR) is 73.1 cm³/mol. The van der Waals surface area contributed by atoms with E-state index in [2.05, 4.69) is 10.1 Å². The summed E-state index contributed by atoms with van der Waals surface area (Å²) in [5, 5.41) is 14.8. The SMILES string of the molecule is CCC(c1nc(-c2ccccc2[N+](=O)[O-])no1)C(C)N. The van der Waals surface area contributed by atoms with Gasteiger partial charge in [-0.25, -0.2) is 0 Å². The molecular formula is C13H16N4O3. The van der Waals surface area contributed by atoms with Crippen molar-refractivity contribution in [3.05, 3.63) is 40.3 Å². The van der Waals surface area contributed by atoms with Crippen molar-refractivity contribution in [1.29, 1.82) is 0 Å². The van der Waals surface area contributed by atoms with Crippen LogP contribution in [0.3, 0.4) is 0 Å². The third-order valence-corrected chi connectivity index (χ3v) is 3.18. The second-order valence-electron chi connectivity index (χ2n) is 4.60. The predicted octanol–water partition coefficient (Wildman–Crippen LogP) is 2.49. The van der Waals surface area contributed by atoms with Gasteiger partial charge < -0.3 is 10.3 Å². The number of hydrogen-bond donors (Lipinski definition) is 1. The molecule has 0 aliphatic heterocycles. The molecule has 0 aliphatic rings. The van der Waals surface area contributed by atoms with Crippen LogP contribution >= 0.6 is 0 Å². The molecule has 0 aliphatic carbocycles. The average molecular weight is 276 g/mol. The lowest BCUT2D eigenvalue weighted by atomic mass is 9.99. The summed E-state index contributed by atoms with van der Waals surface area (Å²) in [6.45, 7) is 3.84. The van der Waals surface area contributed by atoms with E-state index in [4.69, 9.17) is 10.3 Å². The van der Waals surface area contributed by atoms with Crippen LogP contribution in [0.4, 0.5) is 5.69 Å². The van der Waals surface area contributed by atoms with E-state index in [0.29, 0.717) is 11.5 Å². The highest BCUT2D eigenvalue weighted by molar-refractivity contribution is 5.67. The van der Waals surface area contributed by atoms with E-state index in [1.807, 2.05) is 13.8 Å². The van der Waals surface area contributed by atoms with Crippen molar-refractivity contribution in [1.82, 2.24) is 10.1 Å². The van der Waals surface area contributed by atoms with Crippen LogP contribution in [-0.2, 0) is 0 Å². The fourth-order valence-corrected chi connectivity index (χ4v) is 2.09. The largest absolute Gasteiger partial charge is 0.339 e. The summed E-state index contributed by atoms with van der Waals surface area (Å²) in [5.41, 5.74) is 6.16. The number of para-hydroxylation sites is 1. The first-order chi connectivity index (χ1) is 9.54. The average Bonchev–Trinajstić information content (AvgIpc) is 2.88. The Labute approximate surface area is 115 Å². The smallest absolute Gasteiger partial charge is 0.280 e. The maximum absolute atomic E-state index is 11.0. The molecule has 0 saturated heterocycles. The third-order valence-electron chi connectivity index (χ3n) is 3.18. The Morgan fingerprint density at radius 3 is 2.75 bits per heavy atom. The summed E-state index contributed by atoms with van der Waals surface area (Å²) in [7, 11) is 0. The van der Waals surface area contributed by atoms with Gasteiger partial charge in [0.2, 0.25) is 11.7 Å². The second kappa shape index (κ2) is 5.79. The Kier molecular flexibility index (Phi) is 4.09. The maximum Gasteiger partial charge on any atom is 0.280 e. The first-order valence-electron chi connectivity index (χ1n) is 6.37. The quantitative estimate of drug-likeness (QED) is 0.663. The highest BCUT2D eigenvalue weighted by Gasteiger charge is 2.24. The van der Waals surface area contributed by atoms with Crippen LogP contribution in [0.5, 0.6) is 0 Å². The summed E-state index contributed by atoms with van der Waals surface area (Å²) in [5.74, 6) is 0.570. The zero-order valence-corrected chi connectivity index (χ0v) is 11.3. The number of nitro benzene ring substituents is 1. The Morgan fingerprint density at radius 2 is 2.15 bits per heavy atom. The van der Waals surface area contributed by atoms with Crippen molar-refractivity contribution in [3.63, 3.8) is 0 Å². The molecule has 2 N–H and O–H groups in total. The van der Waals surface area contributed by atoms with Crippen LogP contribution in [0.2, 0.25) is 0 Å². The zero-order valence-electron chi connectivity index (χ0n) is 11.3. The van der Waals surface area contributed by atoms with Crippen LogP contribution in [0.25, 0.3) is 11.4 Å². The minimum Gasteiger partial charge on any atom is -0.339 e. The molecule has 106 valence electrons. The number of nitro groups is 1. The number of benzene rings is 1. The van der Waals surface area contributed by atoms with Crippen LogP contribution in [0.1, 0.15) is 32.1 Å². The molecule has 0 bridgehead atoms. The second-order valence-corrected chi connectivity index (χ2v) is 4.60. The van der Waals surface area contributed by atoms with Crippen molar-refractivity contribution in [3.8, 4) is 11.4 Å². The van der Waals surface area contributed by atoms with Gasteiger partial charge in [0.05, 0.1) is 10.8 Å². The lowest BCUT2D eigenvalue weighted by molar-refractivity contribution is -0.384. The summed E-state index contributed by atoms with van der Waals surface area (Å²) in [6, 6.07) is 6.17. The van der Waals surface area contributed by atoms with Crippen molar-refractivity contribution < 1.29 is 9.45 Å². The normalized spacial score (nSPS) is 13.9. The third kappa shape index (κ3) is 2.67. The lowest BCUT2D eigenvalue weighted by Crippen LogP contribution is -2.24. The van der Waals surface area contributed by atoms with Crippen molar-refractivity contribution in [2.75, 3.05) is 0 Å². The minimum absolute atomic E-state index is 0.0475. The zero-order chi connectivity index (χ0) is 14.7. The van der Waals surface area contributed by atoms with Crippen LogP contribution in [0.15, 0.2) is 28.8 Å². The van der Waals surface area contributed by atoms with Gasteiger partial charge in [-0.15, -0.1) is 0 Å². The molecule has 2 aromatic rings. The molecule has 0 amide bonds. The van der Waals surface area contributed by atoms with E-state index < -0.39 is 4.92 Å². The molecular weight excluding hydrogens is 260 g/mol. The van der Waals surface area contributed by atoms with Crippen LogP contribution in [0, 0.1) is 10.1 Å². The van der Waals surface area contributed by atoms with Gasteiger partial charge in [0, 0.05) is 12.1 Å². The topological polar surface area (TPSA) is 108 Å². The van der Waals surface area contributed by atoms with Gasteiger partial charge in [-0.3, -0.25) is 10.1 Å². The molecule has 7 nitrogen and oxygen atoms in total. The first kappa shape index (κ1) is 14.1.